The molecule has 180 valence electrons. The Balaban J connectivity index is 1.93. The van der Waals surface area contributed by atoms with Gasteiger partial charge in [0.15, 0.2) is 0 Å². The summed E-state index contributed by atoms with van der Waals surface area (Å²) >= 11 is 1.29. The van der Waals surface area contributed by atoms with Crippen LogP contribution in [-0.2, 0) is 9.53 Å². The number of ether oxygens (including phenoxy) is 1. The predicted molar refractivity (Wildman–Crippen MR) is 150 cm³/mol. The first-order chi connectivity index (χ1) is 17.0. The first-order valence-electron chi connectivity index (χ1n) is 11.7. The third-order valence-electron chi connectivity index (χ3n) is 6.53. The molecule has 1 heterocycles. The third-order valence-corrected chi connectivity index (χ3v) is 13.1. The fraction of sp³-hybridized carbons (Fsp3) is 0.172. The van der Waals surface area contributed by atoms with Crippen LogP contribution in [0.2, 0.25) is 0 Å². The molecule has 6 heteroatoms. The van der Waals surface area contributed by atoms with Gasteiger partial charge in [-0.1, -0.05) is 0 Å². The summed E-state index contributed by atoms with van der Waals surface area (Å²) in [5.74, 6) is -0.522. The van der Waals surface area contributed by atoms with Crippen LogP contribution in [0.15, 0.2) is 96.4 Å². The number of esters is 1. The molecule has 1 atom stereocenters. The van der Waals surface area contributed by atoms with E-state index in [2.05, 4.69) is 48.6 Å². The Labute approximate surface area is 211 Å². The van der Waals surface area contributed by atoms with Gasteiger partial charge in [-0.15, -0.1) is 0 Å². The molecule has 0 bridgehead atoms. The van der Waals surface area contributed by atoms with E-state index in [0.29, 0.717) is 17.0 Å². The molecule has 4 nitrogen and oxygen atoms in total. The van der Waals surface area contributed by atoms with Crippen LogP contribution in [0.25, 0.3) is 0 Å². The first-order valence-corrected chi connectivity index (χ1v) is 14.6. The number of methoxy groups -OCH3 is 1. The fourth-order valence-corrected chi connectivity index (χ4v) is 11.3. The maximum absolute atomic E-state index is 14.2. The van der Waals surface area contributed by atoms with E-state index < -0.39 is 13.2 Å². The van der Waals surface area contributed by atoms with Crippen molar-refractivity contribution in [2.24, 2.45) is 0 Å². The van der Waals surface area contributed by atoms with Gasteiger partial charge in [0.05, 0.1) is 0 Å². The zero-order chi connectivity index (χ0) is 24.8. The molecule has 0 aliphatic rings. The van der Waals surface area contributed by atoms with Crippen molar-refractivity contribution in [3.63, 3.8) is 0 Å². The number of thiophene rings is 1. The van der Waals surface area contributed by atoms with E-state index in [9.17, 15) is 9.59 Å². The van der Waals surface area contributed by atoms with Crippen molar-refractivity contribution in [1.82, 2.24) is 0 Å². The molecule has 0 aliphatic carbocycles. The Morgan fingerprint density at radius 1 is 0.857 bits per heavy atom. The van der Waals surface area contributed by atoms with Crippen molar-refractivity contribution < 1.29 is 14.3 Å². The molecule has 0 spiro atoms. The molecule has 0 saturated carbocycles. The topological polar surface area (TPSA) is 55.4 Å². The van der Waals surface area contributed by atoms with Gasteiger partial charge in [-0.25, -0.2) is 0 Å². The number of carbonyl (C=O) groups is 2. The second-order valence-electron chi connectivity index (χ2n) is 8.47. The van der Waals surface area contributed by atoms with Gasteiger partial charge in [0, 0.05) is 0 Å². The van der Waals surface area contributed by atoms with Crippen LogP contribution in [-0.4, -0.2) is 24.6 Å². The van der Waals surface area contributed by atoms with Gasteiger partial charge < -0.3 is 0 Å². The summed E-state index contributed by atoms with van der Waals surface area (Å²) in [4.78, 5) is 27.0. The minimum atomic E-state index is -2.84. The van der Waals surface area contributed by atoms with E-state index in [1.807, 2.05) is 66.9 Å². The monoisotopic (exact) mass is 503 g/mol. The molecule has 0 fully saturated rings. The number of carbonyl (C=O) groups excluding carboxylic acids is 2. The summed E-state index contributed by atoms with van der Waals surface area (Å²) in [6.07, 6.45) is 0.646. The Morgan fingerprint density at radius 2 is 1.31 bits per heavy atom. The van der Waals surface area contributed by atoms with Crippen LogP contribution in [0.3, 0.4) is 0 Å². The average Bonchev–Trinajstić information content (AvgIpc) is 3.27. The average molecular weight is 504 g/mol. The molecule has 0 aliphatic heterocycles. The van der Waals surface area contributed by atoms with Gasteiger partial charge in [-0.3, -0.25) is 0 Å². The molecule has 3 aromatic carbocycles. The van der Waals surface area contributed by atoms with E-state index in [1.165, 1.54) is 34.4 Å². The molecular formula is C29H30NO3PS. The summed E-state index contributed by atoms with van der Waals surface area (Å²) in [6.45, 7) is 3.97. The zero-order valence-electron chi connectivity index (χ0n) is 20.2. The van der Waals surface area contributed by atoms with E-state index in [1.54, 1.807) is 0 Å². The maximum atomic E-state index is 14.2. The molecule has 1 amide bonds. The van der Waals surface area contributed by atoms with Crippen LogP contribution in [0.4, 0.5) is 5.69 Å². The summed E-state index contributed by atoms with van der Waals surface area (Å²) in [5.41, 5.74) is 1.08. The number of hydrogen-bond donors (Lipinski definition) is 1. The Hall–Kier alpha value is -3.27. The predicted octanol–water partition coefficient (Wildman–Crippen LogP) is 5.29. The number of amides is 1. The molecule has 1 N–H and O–H groups in total. The van der Waals surface area contributed by atoms with Crippen molar-refractivity contribution >= 4 is 52.1 Å². The van der Waals surface area contributed by atoms with E-state index in [0.717, 1.165) is 5.56 Å². The number of hydrogen-bond acceptors (Lipinski definition) is 4. The molecule has 35 heavy (non-hydrogen) atoms. The van der Waals surface area contributed by atoms with Crippen LogP contribution in [0, 0.1) is 6.92 Å². The molecule has 1 aromatic heterocycles. The summed E-state index contributed by atoms with van der Waals surface area (Å²) in [7, 11) is -1.49. The molecule has 0 radical (unpaired) electrons. The first kappa shape index (κ1) is 24.8. The van der Waals surface area contributed by atoms with Crippen molar-refractivity contribution in [3.8, 4) is 0 Å². The Morgan fingerprint density at radius 3 is 1.71 bits per heavy atom. The van der Waals surface area contributed by atoms with Crippen molar-refractivity contribution in [3.05, 3.63) is 107 Å². The van der Waals surface area contributed by atoms with Crippen LogP contribution >= 0.6 is 18.6 Å². The fourth-order valence-electron chi connectivity index (χ4n) is 4.95. The molecular weight excluding hydrogens is 473 g/mol. The van der Waals surface area contributed by atoms with Gasteiger partial charge in [0.1, 0.15) is 0 Å². The van der Waals surface area contributed by atoms with Crippen molar-refractivity contribution in [1.29, 1.82) is 0 Å². The van der Waals surface area contributed by atoms with Crippen molar-refractivity contribution in [2.45, 2.75) is 25.9 Å². The van der Waals surface area contributed by atoms with Crippen LogP contribution in [0.1, 0.15) is 28.6 Å². The third kappa shape index (κ3) is 4.67. The second-order valence-corrected chi connectivity index (χ2v) is 13.4. The standard InChI is InChI=1S/C29H30NO3PS/c1-4-25(28(31)30-26-21(2)20-35-27(26)29(32)33-3)34(22-14-8-5-9-15-22,23-16-10-6-11-17-23)24-18-12-7-13-19-24/h5-20,25,34H,4H2,1-3H3,(H,30,31). The van der Waals surface area contributed by atoms with E-state index in [4.69, 9.17) is 4.74 Å². The van der Waals surface area contributed by atoms with Gasteiger partial charge in [0.2, 0.25) is 0 Å². The Kier molecular flexibility index (Phi) is 7.80. The number of benzene rings is 3. The minimum absolute atomic E-state index is 0.0811. The number of nitrogens with one attached hydrogen (secondary N) is 1. The summed E-state index contributed by atoms with van der Waals surface area (Å²) in [5, 5.41) is 8.55. The SMILES string of the molecule is CCC(C(=O)Nc1c(C)csc1C(=O)OC)[PH](c1ccccc1)(c1ccccc1)c1ccccc1. The summed E-state index contributed by atoms with van der Waals surface area (Å²) in [6, 6.07) is 31.2. The summed E-state index contributed by atoms with van der Waals surface area (Å²) < 4.78 is 4.96. The van der Waals surface area contributed by atoms with E-state index >= 15 is 0 Å². The van der Waals surface area contributed by atoms with Gasteiger partial charge in [0.25, 0.3) is 0 Å². The number of anilines is 1. The molecule has 0 saturated heterocycles. The molecule has 4 aromatic rings. The van der Waals surface area contributed by atoms with Crippen LogP contribution in [0.5, 0.6) is 0 Å². The molecule has 1 unspecified atom stereocenters. The molecule has 4 rings (SSSR count). The quantitative estimate of drug-likeness (QED) is 0.263. The number of aryl methyl sites for hydroxylation is 1. The number of rotatable bonds is 8. The van der Waals surface area contributed by atoms with Gasteiger partial charge in [-0.2, -0.15) is 0 Å². The van der Waals surface area contributed by atoms with Gasteiger partial charge in [-0.05, 0) is 0 Å². The van der Waals surface area contributed by atoms with Crippen molar-refractivity contribution in [2.75, 3.05) is 12.4 Å². The van der Waals surface area contributed by atoms with Gasteiger partial charge >= 0.3 is 212 Å². The zero-order valence-corrected chi connectivity index (χ0v) is 22.0. The van der Waals surface area contributed by atoms with Crippen LogP contribution < -0.4 is 21.2 Å². The second kappa shape index (κ2) is 11.0. The Bertz CT molecular complexity index is 1190. The van der Waals surface area contributed by atoms with E-state index in [-0.39, 0.29) is 11.6 Å². The normalized spacial score (nSPS) is 12.5.